The maximum atomic E-state index is 12.7. The maximum Gasteiger partial charge on any atom is 0.264 e. The van der Waals surface area contributed by atoms with Gasteiger partial charge in [0.05, 0.1) is 4.90 Å². The first-order chi connectivity index (χ1) is 16.2. The van der Waals surface area contributed by atoms with E-state index in [1.807, 2.05) is 30.3 Å². The van der Waals surface area contributed by atoms with E-state index in [1.54, 1.807) is 44.2 Å². The molecule has 4 aromatic rings. The van der Waals surface area contributed by atoms with E-state index in [4.69, 9.17) is 12.2 Å². The first-order valence-corrected chi connectivity index (χ1v) is 12.1. The van der Waals surface area contributed by atoms with Crippen molar-refractivity contribution < 1.29 is 13.2 Å². The standard InChI is InChI=1S/C24H21N5O3S2/c1-15-13-16(2)26-23(25-15)29-34(31,32)21-11-9-20(10-12-21)27-24(33)28-22(30)19-8-7-17-5-3-4-6-18(17)14-19/h3-14H,1-2H3,(H,25,26,29)(H2,27,28,30,33). The summed E-state index contributed by atoms with van der Waals surface area (Å²) < 4.78 is 27.7. The number of carbonyl (C=O) groups is 1. The Bertz CT molecular complexity index is 1480. The Morgan fingerprint density at radius 2 is 1.50 bits per heavy atom. The van der Waals surface area contributed by atoms with Crippen LogP contribution in [-0.4, -0.2) is 29.4 Å². The number of nitrogens with zero attached hydrogens (tertiary/aromatic N) is 2. The number of aromatic nitrogens is 2. The van der Waals surface area contributed by atoms with Gasteiger partial charge in [0.25, 0.3) is 15.9 Å². The number of aryl methyl sites for hydroxylation is 2. The molecule has 172 valence electrons. The summed E-state index contributed by atoms with van der Waals surface area (Å²) in [5, 5.41) is 7.59. The molecule has 3 aromatic carbocycles. The molecule has 0 saturated heterocycles. The van der Waals surface area contributed by atoms with Crippen molar-refractivity contribution in [1.29, 1.82) is 0 Å². The molecule has 0 bridgehead atoms. The number of sulfonamides is 1. The second kappa shape index (κ2) is 9.54. The van der Waals surface area contributed by atoms with E-state index in [0.717, 1.165) is 10.8 Å². The van der Waals surface area contributed by atoms with Gasteiger partial charge in [-0.1, -0.05) is 30.3 Å². The number of thiocarbonyl (C=S) groups is 1. The minimum atomic E-state index is -3.87. The van der Waals surface area contributed by atoms with Gasteiger partial charge < -0.3 is 5.32 Å². The van der Waals surface area contributed by atoms with Crippen molar-refractivity contribution in [1.82, 2.24) is 15.3 Å². The lowest BCUT2D eigenvalue weighted by molar-refractivity contribution is 0.0978. The lowest BCUT2D eigenvalue weighted by atomic mass is 10.1. The Morgan fingerprint density at radius 1 is 0.853 bits per heavy atom. The molecule has 4 rings (SSSR count). The molecule has 0 atom stereocenters. The van der Waals surface area contributed by atoms with Gasteiger partial charge in [0.2, 0.25) is 5.95 Å². The minimum absolute atomic E-state index is 0.0114. The van der Waals surface area contributed by atoms with E-state index in [-0.39, 0.29) is 21.9 Å². The highest BCUT2D eigenvalue weighted by Gasteiger charge is 2.16. The summed E-state index contributed by atoms with van der Waals surface area (Å²) in [6.45, 7) is 3.52. The van der Waals surface area contributed by atoms with Gasteiger partial charge in [-0.05, 0) is 79.3 Å². The predicted molar refractivity (Wildman–Crippen MR) is 136 cm³/mol. The maximum absolute atomic E-state index is 12.7. The molecule has 0 radical (unpaired) electrons. The molecule has 8 nitrogen and oxygen atoms in total. The fourth-order valence-electron chi connectivity index (χ4n) is 3.34. The zero-order valence-corrected chi connectivity index (χ0v) is 20.0. The van der Waals surface area contributed by atoms with Gasteiger partial charge in [0.1, 0.15) is 0 Å². The number of nitrogens with one attached hydrogen (secondary N) is 3. The molecule has 0 saturated carbocycles. The second-order valence-electron chi connectivity index (χ2n) is 7.57. The van der Waals surface area contributed by atoms with Crippen LogP contribution < -0.4 is 15.4 Å². The van der Waals surface area contributed by atoms with Crippen LogP contribution in [0, 0.1) is 13.8 Å². The zero-order chi connectivity index (χ0) is 24.3. The van der Waals surface area contributed by atoms with E-state index >= 15 is 0 Å². The third kappa shape index (κ3) is 5.53. The van der Waals surface area contributed by atoms with Crippen LogP contribution in [0.1, 0.15) is 21.7 Å². The van der Waals surface area contributed by atoms with Crippen molar-refractivity contribution in [3.8, 4) is 0 Å². The van der Waals surface area contributed by atoms with Crippen molar-refractivity contribution >= 4 is 55.7 Å². The van der Waals surface area contributed by atoms with Crippen LogP contribution in [0.4, 0.5) is 11.6 Å². The molecule has 0 spiro atoms. The van der Waals surface area contributed by atoms with Gasteiger partial charge in [-0.15, -0.1) is 0 Å². The van der Waals surface area contributed by atoms with Crippen molar-refractivity contribution in [2.24, 2.45) is 0 Å². The lowest BCUT2D eigenvalue weighted by Crippen LogP contribution is -2.34. The van der Waals surface area contributed by atoms with E-state index in [2.05, 4.69) is 25.3 Å². The minimum Gasteiger partial charge on any atom is -0.332 e. The number of hydrogen-bond acceptors (Lipinski definition) is 6. The Kier molecular flexibility index (Phi) is 6.53. The number of benzene rings is 3. The summed E-state index contributed by atoms with van der Waals surface area (Å²) in [6.07, 6.45) is 0. The van der Waals surface area contributed by atoms with Crippen molar-refractivity contribution in [3.63, 3.8) is 0 Å². The van der Waals surface area contributed by atoms with Gasteiger partial charge in [-0.3, -0.25) is 10.1 Å². The third-order valence-electron chi connectivity index (χ3n) is 4.87. The highest BCUT2D eigenvalue weighted by atomic mass is 32.2. The molecular weight excluding hydrogens is 470 g/mol. The largest absolute Gasteiger partial charge is 0.332 e. The molecule has 3 N–H and O–H groups in total. The SMILES string of the molecule is Cc1cc(C)nc(NS(=O)(=O)c2ccc(NC(=S)NC(=O)c3ccc4ccccc4c3)cc2)n1. The van der Waals surface area contributed by atoms with Gasteiger partial charge in [0, 0.05) is 22.6 Å². The number of rotatable bonds is 5. The molecule has 1 amide bonds. The summed E-state index contributed by atoms with van der Waals surface area (Å²) in [6, 6.07) is 20.8. The quantitative estimate of drug-likeness (QED) is 0.359. The van der Waals surface area contributed by atoms with Crippen LogP contribution in [0.15, 0.2) is 77.7 Å². The molecule has 0 fully saturated rings. The molecule has 0 aliphatic rings. The van der Waals surface area contributed by atoms with E-state index < -0.39 is 10.0 Å². The first kappa shape index (κ1) is 23.3. The Hall–Kier alpha value is -3.89. The van der Waals surface area contributed by atoms with E-state index in [0.29, 0.717) is 22.6 Å². The molecule has 0 aliphatic carbocycles. The zero-order valence-electron chi connectivity index (χ0n) is 18.4. The van der Waals surface area contributed by atoms with E-state index in [1.165, 1.54) is 12.1 Å². The van der Waals surface area contributed by atoms with Crippen LogP contribution in [0.2, 0.25) is 0 Å². The van der Waals surface area contributed by atoms with Crippen LogP contribution >= 0.6 is 12.2 Å². The number of fused-ring (bicyclic) bond motifs is 1. The number of hydrogen-bond donors (Lipinski definition) is 3. The average molecular weight is 492 g/mol. The van der Waals surface area contributed by atoms with Crippen molar-refractivity contribution in [2.45, 2.75) is 18.7 Å². The summed E-state index contributed by atoms with van der Waals surface area (Å²) in [4.78, 5) is 20.8. The molecule has 0 unspecified atom stereocenters. The summed E-state index contributed by atoms with van der Waals surface area (Å²) in [7, 11) is -3.87. The topological polar surface area (TPSA) is 113 Å². The number of amides is 1. The molecule has 0 aliphatic heterocycles. The molecule has 34 heavy (non-hydrogen) atoms. The summed E-state index contributed by atoms with van der Waals surface area (Å²) in [5.41, 5.74) is 2.31. The molecule has 10 heteroatoms. The van der Waals surface area contributed by atoms with E-state index in [9.17, 15) is 13.2 Å². The van der Waals surface area contributed by atoms with Gasteiger partial charge in [-0.2, -0.15) is 0 Å². The Balaban J connectivity index is 1.40. The lowest BCUT2D eigenvalue weighted by Gasteiger charge is -2.11. The fourth-order valence-corrected chi connectivity index (χ4v) is 4.49. The van der Waals surface area contributed by atoms with Crippen LogP contribution in [0.25, 0.3) is 10.8 Å². The highest BCUT2D eigenvalue weighted by molar-refractivity contribution is 7.92. The molecule has 1 heterocycles. The first-order valence-electron chi connectivity index (χ1n) is 10.3. The Labute approximate surface area is 202 Å². The normalized spacial score (nSPS) is 11.1. The molecule has 1 aromatic heterocycles. The smallest absolute Gasteiger partial charge is 0.264 e. The number of carbonyl (C=O) groups excluding carboxylic acids is 1. The van der Waals surface area contributed by atoms with Gasteiger partial charge in [0.15, 0.2) is 5.11 Å². The van der Waals surface area contributed by atoms with Crippen LogP contribution in [0.5, 0.6) is 0 Å². The molecular formula is C24H21N5O3S2. The number of anilines is 2. The third-order valence-corrected chi connectivity index (χ3v) is 6.42. The fraction of sp³-hybridized carbons (Fsp3) is 0.0833. The van der Waals surface area contributed by atoms with Gasteiger partial charge >= 0.3 is 0 Å². The van der Waals surface area contributed by atoms with Crippen LogP contribution in [-0.2, 0) is 10.0 Å². The monoisotopic (exact) mass is 491 g/mol. The van der Waals surface area contributed by atoms with Gasteiger partial charge in [-0.25, -0.2) is 23.1 Å². The van der Waals surface area contributed by atoms with Crippen molar-refractivity contribution in [2.75, 3.05) is 10.0 Å². The van der Waals surface area contributed by atoms with Crippen LogP contribution in [0.3, 0.4) is 0 Å². The summed E-state index contributed by atoms with van der Waals surface area (Å²) >= 11 is 5.24. The summed E-state index contributed by atoms with van der Waals surface area (Å²) in [5.74, 6) is -0.336. The predicted octanol–water partition coefficient (Wildman–Crippen LogP) is 4.17. The highest BCUT2D eigenvalue weighted by Crippen LogP contribution is 2.18. The average Bonchev–Trinajstić information content (AvgIpc) is 2.78. The second-order valence-corrected chi connectivity index (χ2v) is 9.67. The Morgan fingerprint density at radius 3 is 2.18 bits per heavy atom. The van der Waals surface area contributed by atoms with Crippen molar-refractivity contribution in [3.05, 3.63) is 89.7 Å².